The average Bonchev–Trinajstić information content (AvgIpc) is 3.53. The van der Waals surface area contributed by atoms with Gasteiger partial charge in [-0.25, -0.2) is 0 Å². The predicted molar refractivity (Wildman–Crippen MR) is 153 cm³/mol. The SMILES string of the molecule is CC(C)(C)OC(=O)N1CCC(N2CCC([PH](c3ccccc3)(c3ccccc3)c3ccccc3)C2=O)C1. The van der Waals surface area contributed by atoms with Crippen LogP contribution >= 0.6 is 7.26 Å². The van der Waals surface area contributed by atoms with E-state index in [4.69, 9.17) is 4.74 Å². The number of amides is 2. The van der Waals surface area contributed by atoms with E-state index < -0.39 is 12.9 Å². The Morgan fingerprint density at radius 1 is 0.784 bits per heavy atom. The van der Waals surface area contributed by atoms with Gasteiger partial charge >= 0.3 is 221 Å². The van der Waals surface area contributed by atoms with Gasteiger partial charge in [0.05, 0.1) is 0 Å². The molecule has 194 valence electrons. The van der Waals surface area contributed by atoms with Crippen LogP contribution in [-0.2, 0) is 9.53 Å². The maximum atomic E-state index is 14.4. The van der Waals surface area contributed by atoms with Crippen molar-refractivity contribution in [3.05, 3.63) is 91.0 Å². The molecule has 0 saturated carbocycles. The predicted octanol–water partition coefficient (Wildman–Crippen LogP) is 4.32. The molecule has 2 aliphatic rings. The van der Waals surface area contributed by atoms with Gasteiger partial charge in [-0.1, -0.05) is 0 Å². The fourth-order valence-corrected chi connectivity index (χ4v) is 11.6. The van der Waals surface area contributed by atoms with Crippen molar-refractivity contribution in [3.8, 4) is 0 Å². The van der Waals surface area contributed by atoms with Crippen LogP contribution in [0.4, 0.5) is 4.79 Å². The Hall–Kier alpha value is -3.17. The summed E-state index contributed by atoms with van der Waals surface area (Å²) in [6.45, 7) is 7.52. The Bertz CT molecular complexity index is 1130. The molecule has 2 aliphatic heterocycles. The zero-order chi connectivity index (χ0) is 26.0. The molecule has 0 bridgehead atoms. The van der Waals surface area contributed by atoms with Crippen molar-refractivity contribution < 1.29 is 14.3 Å². The standard InChI is InChI=1S/C31H37N2O3P/c1-31(2,3)36-30(35)32-21-19-24(23-32)33-22-20-28(29(33)34)37(25-13-7-4-8-14-25,26-15-9-5-10-16-26)27-17-11-6-12-18-27/h4-18,24,28,37H,19-23H2,1-3H3. The van der Waals surface area contributed by atoms with Gasteiger partial charge in [-0.2, -0.15) is 0 Å². The number of ether oxygens (including phenoxy) is 1. The summed E-state index contributed by atoms with van der Waals surface area (Å²) in [6.07, 6.45) is 1.31. The third-order valence-electron chi connectivity index (χ3n) is 7.71. The van der Waals surface area contributed by atoms with Crippen LogP contribution in [0.2, 0.25) is 0 Å². The van der Waals surface area contributed by atoms with Crippen molar-refractivity contribution in [1.82, 2.24) is 9.80 Å². The number of nitrogens with zero attached hydrogens (tertiary/aromatic N) is 2. The zero-order valence-corrected chi connectivity index (χ0v) is 23.0. The molecule has 3 aromatic rings. The summed E-state index contributed by atoms with van der Waals surface area (Å²) in [5.74, 6) is 0.222. The molecule has 2 atom stereocenters. The van der Waals surface area contributed by atoms with Crippen molar-refractivity contribution in [2.75, 3.05) is 19.6 Å². The molecule has 2 amide bonds. The Morgan fingerprint density at radius 3 is 1.73 bits per heavy atom. The molecule has 2 fully saturated rings. The molecule has 6 heteroatoms. The fourth-order valence-electron chi connectivity index (χ4n) is 6.16. The van der Waals surface area contributed by atoms with Crippen molar-refractivity contribution in [2.24, 2.45) is 0 Å². The van der Waals surface area contributed by atoms with Crippen molar-refractivity contribution in [3.63, 3.8) is 0 Å². The first-order valence-corrected chi connectivity index (χ1v) is 15.3. The van der Waals surface area contributed by atoms with Gasteiger partial charge in [0.25, 0.3) is 0 Å². The van der Waals surface area contributed by atoms with E-state index in [-0.39, 0.29) is 23.7 Å². The normalized spacial score (nSPS) is 20.8. The Kier molecular flexibility index (Phi) is 7.09. The Balaban J connectivity index is 1.51. The molecule has 37 heavy (non-hydrogen) atoms. The van der Waals surface area contributed by atoms with Gasteiger partial charge in [0.15, 0.2) is 0 Å². The van der Waals surface area contributed by atoms with E-state index in [1.807, 2.05) is 39.0 Å². The van der Waals surface area contributed by atoms with Crippen LogP contribution in [0.5, 0.6) is 0 Å². The molecule has 5 rings (SSSR count). The van der Waals surface area contributed by atoms with E-state index in [0.29, 0.717) is 13.1 Å². The van der Waals surface area contributed by atoms with Gasteiger partial charge in [-0.15, -0.1) is 0 Å². The summed E-state index contributed by atoms with van der Waals surface area (Å²) in [4.78, 5) is 30.9. The second-order valence-corrected chi connectivity index (χ2v) is 15.2. The van der Waals surface area contributed by atoms with Gasteiger partial charge in [0, 0.05) is 0 Å². The third-order valence-corrected chi connectivity index (χ3v) is 13.0. The molecule has 0 N–H and O–H groups in total. The second kappa shape index (κ2) is 10.3. The second-order valence-electron chi connectivity index (χ2n) is 11.1. The van der Waals surface area contributed by atoms with E-state index in [9.17, 15) is 9.59 Å². The molecule has 5 nitrogen and oxygen atoms in total. The first-order valence-electron chi connectivity index (χ1n) is 13.3. The molecule has 0 aromatic heterocycles. The molecule has 2 saturated heterocycles. The fraction of sp³-hybridized carbons (Fsp3) is 0.355. The minimum atomic E-state index is -2.71. The number of rotatable bonds is 5. The topological polar surface area (TPSA) is 49.9 Å². The van der Waals surface area contributed by atoms with Gasteiger partial charge in [-0.05, 0) is 0 Å². The van der Waals surface area contributed by atoms with Crippen LogP contribution in [0, 0.1) is 0 Å². The summed E-state index contributed by atoms with van der Waals surface area (Å²) in [5, 5.41) is 3.78. The van der Waals surface area contributed by atoms with Crippen molar-refractivity contribution >= 4 is 35.2 Å². The summed E-state index contributed by atoms with van der Waals surface area (Å²) >= 11 is 0. The molecule has 0 radical (unpaired) electrons. The number of benzene rings is 3. The molecular formula is C31H37N2O3P. The average molecular weight is 517 g/mol. The molecule has 2 unspecified atom stereocenters. The number of hydrogen-bond donors (Lipinski definition) is 0. The number of carbonyl (C=O) groups excluding carboxylic acids is 2. The molecule has 0 spiro atoms. The van der Waals surface area contributed by atoms with Crippen LogP contribution < -0.4 is 15.9 Å². The van der Waals surface area contributed by atoms with Crippen LogP contribution in [0.25, 0.3) is 0 Å². The Labute approximate surface area is 220 Å². The summed E-state index contributed by atoms with van der Waals surface area (Å²) in [5.41, 5.74) is -0.647. The molecule has 3 aromatic carbocycles. The zero-order valence-electron chi connectivity index (χ0n) is 22.0. The third kappa shape index (κ3) is 4.90. The summed E-state index contributed by atoms with van der Waals surface area (Å²) < 4.78 is 5.60. The first kappa shape index (κ1) is 25.5. The quantitative estimate of drug-likeness (QED) is 0.475. The van der Waals surface area contributed by atoms with E-state index in [1.54, 1.807) is 4.90 Å². The van der Waals surface area contributed by atoms with Crippen LogP contribution in [0.3, 0.4) is 0 Å². The van der Waals surface area contributed by atoms with E-state index in [1.165, 1.54) is 15.9 Å². The van der Waals surface area contributed by atoms with Gasteiger partial charge in [0.2, 0.25) is 0 Å². The molecule has 0 aliphatic carbocycles. The Morgan fingerprint density at radius 2 is 1.27 bits per heavy atom. The van der Waals surface area contributed by atoms with E-state index in [0.717, 1.165) is 19.4 Å². The molecular weight excluding hydrogens is 479 g/mol. The van der Waals surface area contributed by atoms with Crippen molar-refractivity contribution in [1.29, 1.82) is 0 Å². The summed E-state index contributed by atoms with van der Waals surface area (Å²) in [6, 6.07) is 32.0. The summed E-state index contributed by atoms with van der Waals surface area (Å²) in [7, 11) is -2.71. The van der Waals surface area contributed by atoms with E-state index in [2.05, 4.69) is 77.7 Å². The number of likely N-dealkylation sites (tertiary alicyclic amines) is 2. The number of carbonyl (C=O) groups is 2. The van der Waals surface area contributed by atoms with Gasteiger partial charge in [0.1, 0.15) is 0 Å². The maximum absolute atomic E-state index is 14.4. The van der Waals surface area contributed by atoms with Crippen molar-refractivity contribution in [2.45, 2.75) is 50.9 Å². The van der Waals surface area contributed by atoms with Gasteiger partial charge < -0.3 is 0 Å². The molecule has 2 heterocycles. The van der Waals surface area contributed by atoms with Crippen LogP contribution in [0.1, 0.15) is 33.6 Å². The first-order chi connectivity index (χ1) is 17.8. The number of hydrogen-bond acceptors (Lipinski definition) is 3. The monoisotopic (exact) mass is 516 g/mol. The minimum absolute atomic E-state index is 0.0269. The van der Waals surface area contributed by atoms with Crippen LogP contribution in [-0.4, -0.2) is 58.7 Å². The van der Waals surface area contributed by atoms with E-state index >= 15 is 0 Å². The van der Waals surface area contributed by atoms with Gasteiger partial charge in [-0.3, -0.25) is 0 Å². The van der Waals surface area contributed by atoms with Crippen LogP contribution in [0.15, 0.2) is 91.0 Å².